The summed E-state index contributed by atoms with van der Waals surface area (Å²) in [4.78, 5) is 63.8. The lowest BCUT2D eigenvalue weighted by Gasteiger charge is -2.37. The third kappa shape index (κ3) is 8.59. The second kappa shape index (κ2) is 18.1. The molecule has 3 saturated heterocycles. The highest BCUT2D eigenvalue weighted by Gasteiger charge is 2.64. The summed E-state index contributed by atoms with van der Waals surface area (Å²) in [7, 11) is -4.47. The third-order valence-electron chi connectivity index (χ3n) is 12.6. The highest BCUT2D eigenvalue weighted by Crippen LogP contribution is 2.59. The minimum Gasteiger partial charge on any atom is -0.465 e. The molecular formula is C45H49ClFN6O7PS. The van der Waals surface area contributed by atoms with E-state index in [1.165, 1.54) is 48.7 Å². The molecule has 2 N–H and O–H groups in total. The van der Waals surface area contributed by atoms with Crippen molar-refractivity contribution in [2.75, 3.05) is 13.2 Å². The molecule has 4 aliphatic rings. The molecule has 62 heavy (non-hydrogen) atoms. The lowest BCUT2D eigenvalue weighted by molar-refractivity contribution is -0.148. The average Bonchev–Trinajstić information content (AvgIpc) is 3.59. The number of amides is 3. The van der Waals surface area contributed by atoms with Crippen LogP contribution in [0.5, 0.6) is 5.75 Å². The highest BCUT2D eigenvalue weighted by molar-refractivity contribution is 7.57. The van der Waals surface area contributed by atoms with Crippen LogP contribution in [0.25, 0.3) is 10.1 Å². The number of nitrogens with one attached hydrogen (secondary N) is 2. The Morgan fingerprint density at radius 3 is 2.58 bits per heavy atom. The minimum absolute atomic E-state index is 0.0109. The fraction of sp³-hybridized carbons (Fsp3) is 0.467. The normalized spacial score (nSPS) is 24.9. The number of para-hydroxylation sites is 1. The summed E-state index contributed by atoms with van der Waals surface area (Å²) in [6.07, 6.45) is 9.11. The number of esters is 1. The lowest BCUT2D eigenvalue weighted by atomic mass is 9.85. The number of carbonyl (C=O) groups excluding carboxylic acids is 4. The second-order valence-corrected chi connectivity index (χ2v) is 20.4. The molecular weight excluding hydrogens is 854 g/mol. The SMILES string of the molecule is CCCOC(=O)[C@H](C)NP(=O)(Oc1ccccc1)[C@@H](F)c1ccc2sc(C(=O)N[C@H]3CCCC[C@H]4CC[C@@H](C(=O)N5C[C@@H](c6cncc(Cl)c6)[C@H](C#N)C56CC6)N4C3=O)cc2c1. The zero-order valence-corrected chi connectivity index (χ0v) is 37.0. The number of thiophene rings is 1. The first-order chi connectivity index (χ1) is 29.9. The molecule has 8 rings (SSSR count). The van der Waals surface area contributed by atoms with E-state index in [1.807, 2.05) is 11.8 Å². The molecule has 1 saturated carbocycles. The van der Waals surface area contributed by atoms with Crippen molar-refractivity contribution in [3.63, 3.8) is 0 Å². The molecule has 0 radical (unpaired) electrons. The van der Waals surface area contributed by atoms with Gasteiger partial charge in [0.1, 0.15) is 23.9 Å². The summed E-state index contributed by atoms with van der Waals surface area (Å²) in [5, 5.41) is 16.9. The van der Waals surface area contributed by atoms with Crippen molar-refractivity contribution in [1.29, 1.82) is 5.26 Å². The van der Waals surface area contributed by atoms with Crippen LogP contribution in [-0.2, 0) is 23.7 Å². The number of fused-ring (bicyclic) bond motifs is 2. The van der Waals surface area contributed by atoms with Gasteiger partial charge in [-0.1, -0.05) is 55.6 Å². The largest absolute Gasteiger partial charge is 0.465 e. The van der Waals surface area contributed by atoms with Gasteiger partial charge in [-0.3, -0.25) is 28.7 Å². The molecule has 13 nitrogen and oxygen atoms in total. The summed E-state index contributed by atoms with van der Waals surface area (Å²) in [6, 6.07) is 15.7. The summed E-state index contributed by atoms with van der Waals surface area (Å²) in [6.45, 7) is 3.75. The molecule has 2 aromatic heterocycles. The summed E-state index contributed by atoms with van der Waals surface area (Å²) >= 11 is 7.45. The van der Waals surface area contributed by atoms with Gasteiger partial charge in [-0.05, 0) is 105 Å². The van der Waals surface area contributed by atoms with Crippen LogP contribution in [0.4, 0.5) is 4.39 Å². The molecule has 0 bridgehead atoms. The van der Waals surface area contributed by atoms with E-state index in [1.54, 1.807) is 47.5 Å². The molecule has 8 atom stereocenters. The fourth-order valence-corrected chi connectivity index (χ4v) is 12.5. The number of hydrogen-bond donors (Lipinski definition) is 2. The number of likely N-dealkylation sites (tertiary alicyclic amines) is 1. The first-order valence-corrected chi connectivity index (χ1v) is 24.2. The van der Waals surface area contributed by atoms with Crippen LogP contribution in [0.2, 0.25) is 5.02 Å². The third-order valence-corrected chi connectivity index (χ3v) is 16.1. The summed E-state index contributed by atoms with van der Waals surface area (Å²) in [5.41, 5.74) is 0.228. The van der Waals surface area contributed by atoms with Crippen LogP contribution in [0, 0.1) is 17.2 Å². The number of halogens is 2. The molecule has 17 heteroatoms. The maximum Gasteiger partial charge on any atom is 0.355 e. The van der Waals surface area contributed by atoms with Crippen molar-refractivity contribution in [1.82, 2.24) is 25.2 Å². The van der Waals surface area contributed by atoms with Gasteiger partial charge >= 0.3 is 13.5 Å². The van der Waals surface area contributed by atoms with Crippen LogP contribution in [0.3, 0.4) is 0 Å². The van der Waals surface area contributed by atoms with Gasteiger partial charge in [0, 0.05) is 35.6 Å². The topological polar surface area (TPSA) is 171 Å². The Balaban J connectivity index is 0.992. The number of nitrogens with zero attached hydrogens (tertiary/aromatic N) is 4. The van der Waals surface area contributed by atoms with Crippen LogP contribution < -0.4 is 14.9 Å². The molecule has 2 aromatic carbocycles. The van der Waals surface area contributed by atoms with Crippen LogP contribution in [0.1, 0.15) is 104 Å². The van der Waals surface area contributed by atoms with E-state index >= 15 is 4.39 Å². The van der Waals surface area contributed by atoms with Gasteiger partial charge in [0.05, 0.1) is 34.0 Å². The van der Waals surface area contributed by atoms with E-state index in [9.17, 15) is 29.0 Å². The molecule has 3 amide bonds. The first-order valence-electron chi connectivity index (χ1n) is 21.3. The van der Waals surface area contributed by atoms with Crippen molar-refractivity contribution in [2.45, 2.75) is 113 Å². The maximum atomic E-state index is 16.6. The number of aromatic nitrogens is 1. The molecule has 4 aromatic rings. The molecule has 326 valence electrons. The van der Waals surface area contributed by atoms with Gasteiger partial charge in [-0.25, -0.2) is 9.48 Å². The zero-order chi connectivity index (χ0) is 43.8. The van der Waals surface area contributed by atoms with E-state index in [4.69, 9.17) is 20.9 Å². The molecule has 5 heterocycles. The smallest absolute Gasteiger partial charge is 0.355 e. The Hall–Kier alpha value is -4.87. The van der Waals surface area contributed by atoms with Gasteiger partial charge in [0.2, 0.25) is 17.7 Å². The number of ether oxygens (including phenoxy) is 1. The number of hydrogen-bond acceptors (Lipinski definition) is 10. The molecule has 3 aliphatic heterocycles. The van der Waals surface area contributed by atoms with Crippen molar-refractivity contribution >= 4 is 64.2 Å². The zero-order valence-electron chi connectivity index (χ0n) is 34.5. The van der Waals surface area contributed by atoms with E-state index < -0.39 is 54.9 Å². The lowest BCUT2D eigenvalue weighted by Crippen LogP contribution is -2.57. The maximum absolute atomic E-state index is 16.6. The van der Waals surface area contributed by atoms with Crippen LogP contribution >= 0.6 is 30.5 Å². The Bertz CT molecular complexity index is 2450. The van der Waals surface area contributed by atoms with Crippen molar-refractivity contribution < 1.29 is 37.4 Å². The number of rotatable bonds is 13. The fourth-order valence-electron chi connectivity index (χ4n) is 9.45. The van der Waals surface area contributed by atoms with E-state index in [-0.39, 0.29) is 41.7 Å². The monoisotopic (exact) mass is 902 g/mol. The predicted octanol–water partition coefficient (Wildman–Crippen LogP) is 8.45. The van der Waals surface area contributed by atoms with Gasteiger partial charge in [0.25, 0.3) is 5.91 Å². The van der Waals surface area contributed by atoms with E-state index in [0.717, 1.165) is 24.8 Å². The van der Waals surface area contributed by atoms with Gasteiger partial charge < -0.3 is 24.4 Å². The predicted molar refractivity (Wildman–Crippen MR) is 232 cm³/mol. The van der Waals surface area contributed by atoms with Gasteiger partial charge in [0.15, 0.2) is 0 Å². The highest BCUT2D eigenvalue weighted by atomic mass is 35.5. The Morgan fingerprint density at radius 1 is 1.08 bits per heavy atom. The second-order valence-electron chi connectivity index (χ2n) is 16.8. The van der Waals surface area contributed by atoms with E-state index in [0.29, 0.717) is 65.1 Å². The van der Waals surface area contributed by atoms with Crippen LogP contribution in [-0.4, -0.2) is 81.3 Å². The van der Waals surface area contributed by atoms with Gasteiger partial charge in [-0.2, -0.15) is 5.26 Å². The van der Waals surface area contributed by atoms with Gasteiger partial charge in [-0.15, -0.1) is 11.3 Å². The molecule has 1 unspecified atom stereocenters. The van der Waals surface area contributed by atoms with Crippen molar-refractivity contribution in [2.24, 2.45) is 5.92 Å². The minimum atomic E-state index is -4.47. The quantitative estimate of drug-likeness (QED) is 0.0980. The Labute approximate surface area is 368 Å². The number of nitriles is 1. The average molecular weight is 903 g/mol. The number of carbonyl (C=O) groups is 4. The first kappa shape index (κ1) is 43.8. The summed E-state index contributed by atoms with van der Waals surface area (Å²) in [5.74, 6) is -4.38. The standard InChI is InChI=1S/C45H49ClFN6O7PS/c1-3-19-59-44(57)27(2)51-61(58,60-33-10-5-4-6-11-33)40(47)28-13-16-38-29(20-28)22-39(62-38)41(54)50-36-12-8-7-9-32-14-15-37(53(32)42(36)55)43(56)52-26-34(30-21-31(46)25-49-24-30)35(23-48)45(52)17-18-45/h4-6,10-11,13,16,20-22,24-25,27,32,34-37,40H,3,7-9,12,14-15,17-19,26H2,1-2H3,(H,50,54)(H,51,58)/t27-,32-,34-,35-,36-,37-,40+,61?/m0/s1. The molecule has 4 fully saturated rings. The molecule has 1 aliphatic carbocycles. The van der Waals surface area contributed by atoms with Crippen molar-refractivity contribution in [3.05, 3.63) is 94.1 Å². The number of pyridine rings is 1. The summed E-state index contributed by atoms with van der Waals surface area (Å²) < 4.78 is 42.5. The Morgan fingerprint density at radius 2 is 1.85 bits per heavy atom. The Kier molecular flexibility index (Phi) is 12.8. The van der Waals surface area contributed by atoms with Crippen LogP contribution in [0.15, 0.2) is 73.1 Å². The van der Waals surface area contributed by atoms with Crippen molar-refractivity contribution in [3.8, 4) is 11.8 Å². The number of benzene rings is 2. The van der Waals surface area contributed by atoms with E-state index in [2.05, 4.69) is 21.5 Å². The molecule has 1 spiro atoms. The number of alkyl halides is 1.